The highest BCUT2D eigenvalue weighted by Crippen LogP contribution is 2.23. The highest BCUT2D eigenvalue weighted by Gasteiger charge is 2.03. The summed E-state index contributed by atoms with van der Waals surface area (Å²) in [5.74, 6) is 0.716. The third kappa shape index (κ3) is 1.48. The molecule has 1 aromatic carbocycles. The van der Waals surface area contributed by atoms with Gasteiger partial charge >= 0.3 is 0 Å². The molecule has 0 heterocycles. The zero-order valence-electron chi connectivity index (χ0n) is 6.95. The second-order valence-corrected chi connectivity index (χ2v) is 2.30. The quantitative estimate of drug-likeness (QED) is 0.740. The van der Waals surface area contributed by atoms with Crippen LogP contribution in [0, 0.1) is 6.61 Å². The lowest BCUT2D eigenvalue weighted by Crippen LogP contribution is -1.91. The number of aliphatic hydroxyl groups is 1. The fourth-order valence-corrected chi connectivity index (χ4v) is 1.07. The highest BCUT2D eigenvalue weighted by molar-refractivity contribution is 5.61. The van der Waals surface area contributed by atoms with Crippen LogP contribution in [0.5, 0.6) is 5.75 Å². The molecule has 1 radical (unpaired) electrons. The van der Waals surface area contributed by atoms with E-state index in [1.807, 2.05) is 12.1 Å². The average molecular weight is 163 g/mol. The fraction of sp³-hybridized carbons (Fsp3) is 0.100. The molecule has 1 rings (SSSR count). The molecule has 0 saturated carbocycles. The van der Waals surface area contributed by atoms with Crippen molar-refractivity contribution in [2.24, 2.45) is 0 Å². The molecule has 0 saturated heterocycles. The first kappa shape index (κ1) is 8.81. The smallest absolute Gasteiger partial charge is 0.126 e. The molecule has 0 aromatic heterocycles. The van der Waals surface area contributed by atoms with Crippen LogP contribution in [0.15, 0.2) is 24.8 Å². The first-order chi connectivity index (χ1) is 5.83. The van der Waals surface area contributed by atoms with Crippen LogP contribution in [-0.4, -0.2) is 12.2 Å². The third-order valence-electron chi connectivity index (χ3n) is 1.66. The Kier molecular flexibility index (Phi) is 2.88. The lowest BCUT2D eigenvalue weighted by molar-refractivity contribution is 0.403. The van der Waals surface area contributed by atoms with Gasteiger partial charge in [0.2, 0.25) is 0 Å². The molecule has 12 heavy (non-hydrogen) atoms. The highest BCUT2D eigenvalue weighted by atomic mass is 16.5. The molecule has 0 fully saturated rings. The Hall–Kier alpha value is -1.28. The van der Waals surface area contributed by atoms with Gasteiger partial charge in [0.15, 0.2) is 0 Å². The van der Waals surface area contributed by atoms with E-state index >= 15 is 0 Å². The monoisotopic (exact) mass is 163 g/mol. The maximum atomic E-state index is 8.84. The van der Waals surface area contributed by atoms with Crippen molar-refractivity contribution in [3.05, 3.63) is 42.5 Å². The first-order valence-electron chi connectivity index (χ1n) is 3.60. The summed E-state index contributed by atoms with van der Waals surface area (Å²) in [5, 5.41) is 8.84. The van der Waals surface area contributed by atoms with Gasteiger partial charge in [-0.15, -0.1) is 0 Å². The summed E-state index contributed by atoms with van der Waals surface area (Å²) in [6.07, 6.45) is 1.65. The van der Waals surface area contributed by atoms with Gasteiger partial charge in [0.25, 0.3) is 0 Å². The molecule has 0 aliphatic carbocycles. The Balaban J connectivity index is 3.21. The van der Waals surface area contributed by atoms with Crippen molar-refractivity contribution < 1.29 is 9.84 Å². The van der Waals surface area contributed by atoms with Crippen LogP contribution in [0.25, 0.3) is 6.08 Å². The predicted molar refractivity (Wildman–Crippen MR) is 48.4 cm³/mol. The number of aliphatic hydroxyl groups excluding tert-OH is 1. The number of ether oxygens (including phenoxy) is 1. The van der Waals surface area contributed by atoms with Gasteiger partial charge in [-0.1, -0.05) is 24.8 Å². The van der Waals surface area contributed by atoms with E-state index in [0.29, 0.717) is 11.3 Å². The Morgan fingerprint density at radius 3 is 2.75 bits per heavy atom. The van der Waals surface area contributed by atoms with E-state index in [2.05, 4.69) is 6.58 Å². The van der Waals surface area contributed by atoms with Gasteiger partial charge in [-0.3, -0.25) is 0 Å². The molecule has 63 valence electrons. The van der Waals surface area contributed by atoms with Gasteiger partial charge in [-0.2, -0.15) is 0 Å². The van der Waals surface area contributed by atoms with E-state index in [1.165, 1.54) is 0 Å². The minimum Gasteiger partial charge on any atom is -0.496 e. The molecule has 2 nitrogen and oxygen atoms in total. The van der Waals surface area contributed by atoms with E-state index in [1.54, 1.807) is 19.3 Å². The molecule has 0 unspecified atom stereocenters. The van der Waals surface area contributed by atoms with Gasteiger partial charge in [-0.25, -0.2) is 0 Å². The zero-order chi connectivity index (χ0) is 8.97. The van der Waals surface area contributed by atoms with Gasteiger partial charge in [0.1, 0.15) is 12.4 Å². The summed E-state index contributed by atoms with van der Waals surface area (Å²) in [7, 11) is 1.59. The van der Waals surface area contributed by atoms with Crippen LogP contribution >= 0.6 is 0 Å². The molecule has 0 spiro atoms. The van der Waals surface area contributed by atoms with Gasteiger partial charge < -0.3 is 9.84 Å². The molecule has 0 atom stereocenters. The molecular formula is C10H11O2. The summed E-state index contributed by atoms with van der Waals surface area (Å²) in [4.78, 5) is 0. The fourth-order valence-electron chi connectivity index (χ4n) is 1.07. The van der Waals surface area contributed by atoms with Crippen molar-refractivity contribution in [1.82, 2.24) is 0 Å². The molecule has 2 heteroatoms. The van der Waals surface area contributed by atoms with E-state index in [-0.39, 0.29) is 0 Å². The Morgan fingerprint density at radius 1 is 1.50 bits per heavy atom. The van der Waals surface area contributed by atoms with E-state index < -0.39 is 0 Å². The molecule has 0 aliphatic heterocycles. The summed E-state index contributed by atoms with van der Waals surface area (Å²) >= 11 is 0. The molecular weight excluding hydrogens is 152 g/mol. The summed E-state index contributed by atoms with van der Waals surface area (Å²) in [6, 6.07) is 5.43. The first-order valence-corrected chi connectivity index (χ1v) is 3.60. The van der Waals surface area contributed by atoms with Crippen molar-refractivity contribution >= 4 is 6.08 Å². The lowest BCUT2D eigenvalue weighted by atomic mass is 10.1. The standard InChI is InChI=1S/C10H11O2/c1-3-9-8(7-11)5-4-6-10(9)12-2/h3-7,11H,1H2,2H3. The number of rotatable bonds is 3. The van der Waals surface area contributed by atoms with Crippen LogP contribution in [-0.2, 0) is 0 Å². The van der Waals surface area contributed by atoms with Gasteiger partial charge in [0, 0.05) is 5.56 Å². The minimum absolute atomic E-state index is 0.712. The summed E-state index contributed by atoms with van der Waals surface area (Å²) in [6.45, 7) is 4.68. The second kappa shape index (κ2) is 3.93. The summed E-state index contributed by atoms with van der Waals surface area (Å²) in [5.41, 5.74) is 1.52. The maximum Gasteiger partial charge on any atom is 0.126 e. The topological polar surface area (TPSA) is 29.5 Å². The van der Waals surface area contributed by atoms with Crippen molar-refractivity contribution in [1.29, 1.82) is 0 Å². The van der Waals surface area contributed by atoms with Crippen LogP contribution in [0.2, 0.25) is 0 Å². The predicted octanol–water partition coefficient (Wildman–Crippen LogP) is 2.22. The normalized spacial score (nSPS) is 9.50. The average Bonchev–Trinajstić information content (AvgIpc) is 2.16. The number of benzene rings is 1. The van der Waals surface area contributed by atoms with E-state index in [4.69, 9.17) is 9.84 Å². The van der Waals surface area contributed by atoms with Crippen molar-refractivity contribution in [3.63, 3.8) is 0 Å². The van der Waals surface area contributed by atoms with Crippen LogP contribution < -0.4 is 4.74 Å². The molecule has 0 aliphatic rings. The largest absolute Gasteiger partial charge is 0.496 e. The zero-order valence-corrected chi connectivity index (χ0v) is 6.95. The van der Waals surface area contributed by atoms with Gasteiger partial charge in [0.05, 0.1) is 7.11 Å². The molecule has 0 bridgehead atoms. The minimum atomic E-state index is 0.712. The van der Waals surface area contributed by atoms with Crippen molar-refractivity contribution in [2.45, 2.75) is 0 Å². The Bertz CT molecular complexity index is 257. The number of hydrogen-bond acceptors (Lipinski definition) is 2. The Labute approximate surface area is 72.1 Å². The van der Waals surface area contributed by atoms with Crippen LogP contribution in [0.1, 0.15) is 11.1 Å². The third-order valence-corrected chi connectivity index (χ3v) is 1.66. The summed E-state index contributed by atoms with van der Waals surface area (Å²) < 4.78 is 5.08. The van der Waals surface area contributed by atoms with Crippen molar-refractivity contribution in [3.8, 4) is 5.75 Å². The Morgan fingerprint density at radius 2 is 2.25 bits per heavy atom. The molecule has 1 N–H and O–H groups in total. The van der Waals surface area contributed by atoms with E-state index in [0.717, 1.165) is 12.2 Å². The van der Waals surface area contributed by atoms with Crippen molar-refractivity contribution in [2.75, 3.05) is 7.11 Å². The molecule has 1 aromatic rings. The maximum absolute atomic E-state index is 8.84. The second-order valence-electron chi connectivity index (χ2n) is 2.30. The van der Waals surface area contributed by atoms with Gasteiger partial charge in [-0.05, 0) is 11.6 Å². The van der Waals surface area contributed by atoms with Crippen LogP contribution in [0.4, 0.5) is 0 Å². The van der Waals surface area contributed by atoms with E-state index in [9.17, 15) is 0 Å². The lowest BCUT2D eigenvalue weighted by Gasteiger charge is -2.07. The van der Waals surface area contributed by atoms with Crippen LogP contribution in [0.3, 0.4) is 0 Å². The number of hydrogen-bond donors (Lipinski definition) is 1. The SMILES string of the molecule is C=Cc1c([CH]O)cccc1OC. The molecule has 0 amide bonds. The number of methoxy groups -OCH3 is 1.